The Morgan fingerprint density at radius 2 is 1.96 bits per heavy atom. The van der Waals surface area contributed by atoms with Gasteiger partial charge in [0.15, 0.2) is 0 Å². The molecule has 1 aromatic heterocycles. The number of pyridine rings is 1. The molecule has 0 unspecified atom stereocenters. The van der Waals surface area contributed by atoms with Crippen molar-refractivity contribution >= 4 is 6.03 Å². The Balaban J connectivity index is 1.49. The van der Waals surface area contributed by atoms with E-state index >= 15 is 0 Å². The molecule has 1 aromatic carbocycles. The summed E-state index contributed by atoms with van der Waals surface area (Å²) in [5.74, 6) is 1.67. The van der Waals surface area contributed by atoms with Gasteiger partial charge in [0.1, 0.15) is 11.5 Å². The highest BCUT2D eigenvalue weighted by Gasteiger charge is 2.21. The molecule has 3 rings (SSSR count). The number of nitrogens with one attached hydrogen (secondary N) is 1. The Kier molecular flexibility index (Phi) is 6.49. The number of aromatic nitrogens is 1. The molecule has 1 aliphatic heterocycles. The Hall–Kier alpha value is -2.80. The summed E-state index contributed by atoms with van der Waals surface area (Å²) < 4.78 is 10.8. The molecule has 0 radical (unpaired) electrons. The summed E-state index contributed by atoms with van der Waals surface area (Å²) in [6, 6.07) is 9.62. The predicted molar refractivity (Wildman–Crippen MR) is 103 cm³/mol. The maximum absolute atomic E-state index is 12.4. The van der Waals surface area contributed by atoms with Crippen molar-refractivity contribution in [3.05, 3.63) is 53.9 Å². The number of carbonyl (C=O) groups excluding carboxylic acids is 1. The predicted octanol–water partition coefficient (Wildman–Crippen LogP) is 2.13. The first-order chi connectivity index (χ1) is 13.2. The lowest BCUT2D eigenvalue weighted by atomic mass is 10.1. The maximum atomic E-state index is 12.4. The Bertz CT molecular complexity index is 746. The van der Waals surface area contributed by atoms with E-state index in [9.17, 15) is 4.79 Å². The minimum absolute atomic E-state index is 0.0301. The van der Waals surface area contributed by atoms with E-state index < -0.39 is 0 Å². The second-order valence-electron chi connectivity index (χ2n) is 6.46. The molecule has 2 amide bonds. The van der Waals surface area contributed by atoms with E-state index in [0.717, 1.165) is 42.3 Å². The van der Waals surface area contributed by atoms with Gasteiger partial charge in [0.05, 0.1) is 14.2 Å². The van der Waals surface area contributed by atoms with Gasteiger partial charge in [0.25, 0.3) is 0 Å². The van der Waals surface area contributed by atoms with Crippen LogP contribution in [-0.2, 0) is 13.1 Å². The van der Waals surface area contributed by atoms with Crippen molar-refractivity contribution in [2.24, 2.45) is 0 Å². The molecular weight excluding hydrogens is 344 g/mol. The number of methoxy groups -OCH3 is 2. The SMILES string of the molecule is COc1ccc(OC)c(CN2CCN(C(=O)NCc3cccnc3)CC2)c1. The molecule has 27 heavy (non-hydrogen) atoms. The molecule has 1 saturated heterocycles. The molecule has 0 spiro atoms. The van der Waals surface area contributed by atoms with Crippen LogP contribution in [0.2, 0.25) is 0 Å². The molecule has 144 valence electrons. The van der Waals surface area contributed by atoms with E-state index in [1.807, 2.05) is 35.2 Å². The fraction of sp³-hybridized carbons (Fsp3) is 0.400. The van der Waals surface area contributed by atoms with Crippen molar-refractivity contribution in [3.8, 4) is 11.5 Å². The zero-order chi connectivity index (χ0) is 19.1. The number of carbonyl (C=O) groups is 1. The summed E-state index contributed by atoms with van der Waals surface area (Å²) in [5.41, 5.74) is 2.08. The van der Waals surface area contributed by atoms with Crippen molar-refractivity contribution in [3.63, 3.8) is 0 Å². The highest BCUT2D eigenvalue weighted by atomic mass is 16.5. The largest absolute Gasteiger partial charge is 0.497 e. The second-order valence-corrected chi connectivity index (χ2v) is 6.46. The molecule has 1 N–H and O–H groups in total. The van der Waals surface area contributed by atoms with Crippen LogP contribution in [0.4, 0.5) is 4.79 Å². The van der Waals surface area contributed by atoms with Crippen LogP contribution in [0.25, 0.3) is 0 Å². The first-order valence-electron chi connectivity index (χ1n) is 9.04. The normalized spacial score (nSPS) is 14.7. The summed E-state index contributed by atoms with van der Waals surface area (Å²) in [6.45, 7) is 4.30. The zero-order valence-corrected chi connectivity index (χ0v) is 15.9. The van der Waals surface area contributed by atoms with Gasteiger partial charge in [-0.3, -0.25) is 9.88 Å². The Morgan fingerprint density at radius 3 is 2.63 bits per heavy atom. The summed E-state index contributed by atoms with van der Waals surface area (Å²) in [7, 11) is 3.34. The highest BCUT2D eigenvalue weighted by molar-refractivity contribution is 5.74. The number of amides is 2. The molecule has 1 fully saturated rings. The third-order valence-corrected chi connectivity index (χ3v) is 4.71. The van der Waals surface area contributed by atoms with Crippen molar-refractivity contribution in [2.75, 3.05) is 40.4 Å². The quantitative estimate of drug-likeness (QED) is 0.844. The summed E-state index contributed by atoms with van der Waals surface area (Å²) >= 11 is 0. The Morgan fingerprint density at radius 1 is 1.15 bits per heavy atom. The van der Waals surface area contributed by atoms with Crippen LogP contribution in [0.15, 0.2) is 42.7 Å². The van der Waals surface area contributed by atoms with Crippen LogP contribution in [0.1, 0.15) is 11.1 Å². The van der Waals surface area contributed by atoms with Gasteiger partial charge < -0.3 is 19.7 Å². The number of hydrogen-bond acceptors (Lipinski definition) is 5. The molecule has 0 aliphatic carbocycles. The molecule has 2 aromatic rings. The van der Waals surface area contributed by atoms with Gasteiger partial charge in [0, 0.05) is 57.2 Å². The van der Waals surface area contributed by atoms with Crippen molar-refractivity contribution in [1.29, 1.82) is 0 Å². The van der Waals surface area contributed by atoms with Gasteiger partial charge >= 0.3 is 6.03 Å². The third kappa shape index (κ3) is 5.10. The molecular formula is C20H26N4O3. The average Bonchev–Trinajstić information content (AvgIpc) is 2.73. The van der Waals surface area contributed by atoms with E-state index in [1.165, 1.54) is 0 Å². The van der Waals surface area contributed by atoms with Crippen molar-refractivity contribution in [1.82, 2.24) is 20.1 Å². The third-order valence-electron chi connectivity index (χ3n) is 4.71. The summed E-state index contributed by atoms with van der Waals surface area (Å²) in [4.78, 5) is 20.6. The zero-order valence-electron chi connectivity index (χ0n) is 15.9. The molecule has 0 atom stereocenters. The lowest BCUT2D eigenvalue weighted by Crippen LogP contribution is -2.51. The van der Waals surface area contributed by atoms with Crippen LogP contribution in [0.5, 0.6) is 11.5 Å². The maximum Gasteiger partial charge on any atom is 0.317 e. The van der Waals surface area contributed by atoms with Gasteiger partial charge in [-0.1, -0.05) is 6.07 Å². The summed E-state index contributed by atoms with van der Waals surface area (Å²) in [5, 5.41) is 2.96. The number of piperazine rings is 1. The molecule has 7 heteroatoms. The standard InChI is InChI=1S/C20H26N4O3/c1-26-18-5-6-19(27-2)17(12-18)15-23-8-10-24(11-9-23)20(25)22-14-16-4-3-7-21-13-16/h3-7,12-13H,8-11,14-15H2,1-2H3,(H,22,25). The van der Waals surface area contributed by atoms with E-state index in [0.29, 0.717) is 19.6 Å². The summed E-state index contributed by atoms with van der Waals surface area (Å²) in [6.07, 6.45) is 3.49. The van der Waals surface area contributed by atoms with Crippen LogP contribution >= 0.6 is 0 Å². The van der Waals surface area contributed by atoms with Crippen molar-refractivity contribution < 1.29 is 14.3 Å². The van der Waals surface area contributed by atoms with Crippen LogP contribution in [0.3, 0.4) is 0 Å². The number of hydrogen-bond donors (Lipinski definition) is 1. The van der Waals surface area contributed by atoms with Gasteiger partial charge in [-0.2, -0.15) is 0 Å². The fourth-order valence-corrected chi connectivity index (χ4v) is 3.15. The number of nitrogens with zero attached hydrogens (tertiary/aromatic N) is 3. The number of ether oxygens (including phenoxy) is 2. The van der Waals surface area contributed by atoms with Gasteiger partial charge in [-0.25, -0.2) is 4.79 Å². The molecule has 7 nitrogen and oxygen atoms in total. The van der Waals surface area contributed by atoms with E-state index in [2.05, 4.69) is 15.2 Å². The van der Waals surface area contributed by atoms with E-state index in [-0.39, 0.29) is 6.03 Å². The number of rotatable bonds is 6. The smallest absolute Gasteiger partial charge is 0.317 e. The minimum Gasteiger partial charge on any atom is -0.497 e. The first kappa shape index (κ1) is 19.0. The van der Waals surface area contributed by atoms with Gasteiger partial charge in [-0.15, -0.1) is 0 Å². The van der Waals surface area contributed by atoms with Gasteiger partial charge in [0.2, 0.25) is 0 Å². The lowest BCUT2D eigenvalue weighted by molar-refractivity contribution is 0.134. The van der Waals surface area contributed by atoms with Crippen LogP contribution < -0.4 is 14.8 Å². The number of urea groups is 1. The molecule has 0 bridgehead atoms. The van der Waals surface area contributed by atoms with Crippen LogP contribution in [-0.4, -0.2) is 61.2 Å². The lowest BCUT2D eigenvalue weighted by Gasteiger charge is -2.35. The first-order valence-corrected chi connectivity index (χ1v) is 9.04. The minimum atomic E-state index is -0.0301. The van der Waals surface area contributed by atoms with Gasteiger partial charge in [-0.05, 0) is 29.8 Å². The topological polar surface area (TPSA) is 66.9 Å². The number of benzene rings is 1. The molecule has 0 saturated carbocycles. The fourth-order valence-electron chi connectivity index (χ4n) is 3.15. The monoisotopic (exact) mass is 370 g/mol. The Labute approximate surface area is 159 Å². The van der Waals surface area contributed by atoms with E-state index in [4.69, 9.17) is 9.47 Å². The van der Waals surface area contributed by atoms with Crippen LogP contribution in [0, 0.1) is 0 Å². The molecule has 1 aliphatic rings. The second kappa shape index (κ2) is 9.23. The molecule has 2 heterocycles. The average molecular weight is 370 g/mol. The van der Waals surface area contributed by atoms with E-state index in [1.54, 1.807) is 26.6 Å². The van der Waals surface area contributed by atoms with Crippen molar-refractivity contribution in [2.45, 2.75) is 13.1 Å². The highest BCUT2D eigenvalue weighted by Crippen LogP contribution is 2.25.